The van der Waals surface area contributed by atoms with Crippen molar-refractivity contribution in [3.63, 3.8) is 0 Å². The number of hydrogen-bond acceptors (Lipinski definition) is 5. The normalized spacial score (nSPS) is 24.2. The molecular formula is C26H29FN4O. The van der Waals surface area contributed by atoms with Crippen LogP contribution in [0.5, 0.6) is 0 Å². The van der Waals surface area contributed by atoms with Crippen LogP contribution in [-0.2, 0) is 6.54 Å². The Balaban J connectivity index is 1.37. The molecule has 0 aliphatic carbocycles. The molecule has 6 heteroatoms. The van der Waals surface area contributed by atoms with Crippen molar-refractivity contribution in [3.8, 4) is 11.1 Å². The van der Waals surface area contributed by atoms with Gasteiger partial charge in [0.15, 0.2) is 0 Å². The molecule has 1 aromatic heterocycles. The van der Waals surface area contributed by atoms with Gasteiger partial charge in [-0.3, -0.25) is 9.80 Å². The molecule has 3 atom stereocenters. The molecule has 0 amide bonds. The standard InChI is InChI=1S/C26H29FN4O/c27-23-6-2-1-5-22(23)20-7-9-21(10-8-20)26-24-16-30(15-19-13-28-18-29-14-19)11-3-4-12-31(24)25(26)17-32/h1-2,5-10,13-14,18,24-26,32H,3-4,11-12,15-17H2/t24-,25-,26-/m1/s1. The Labute approximate surface area is 188 Å². The predicted molar refractivity (Wildman–Crippen MR) is 122 cm³/mol. The molecule has 2 saturated heterocycles. The molecule has 2 aliphatic heterocycles. The minimum absolute atomic E-state index is 0.138. The van der Waals surface area contributed by atoms with Gasteiger partial charge in [-0.2, -0.15) is 0 Å². The van der Waals surface area contributed by atoms with Crippen molar-refractivity contribution in [2.75, 3.05) is 26.2 Å². The highest BCUT2D eigenvalue weighted by molar-refractivity contribution is 5.64. The van der Waals surface area contributed by atoms with E-state index in [4.69, 9.17) is 0 Å². The first kappa shape index (κ1) is 21.2. The minimum atomic E-state index is -0.205. The number of aliphatic hydroxyl groups excluding tert-OH is 1. The number of hydrogen-bond donors (Lipinski definition) is 1. The maximum atomic E-state index is 14.2. The SMILES string of the molecule is OC[C@@H]1[C@H](c2ccc(-c3ccccc3F)cc2)[C@H]2CN(Cc3cncnc3)CCCCN12. The fourth-order valence-corrected chi connectivity index (χ4v) is 5.41. The van der Waals surface area contributed by atoms with Gasteiger partial charge in [0.05, 0.1) is 6.61 Å². The summed E-state index contributed by atoms with van der Waals surface area (Å²) in [5, 5.41) is 10.2. The molecule has 0 saturated carbocycles. The van der Waals surface area contributed by atoms with Gasteiger partial charge < -0.3 is 5.11 Å². The molecule has 3 heterocycles. The van der Waals surface area contributed by atoms with Crippen molar-refractivity contribution in [2.45, 2.75) is 37.4 Å². The summed E-state index contributed by atoms with van der Waals surface area (Å²) in [5.41, 5.74) is 3.85. The first-order valence-corrected chi connectivity index (χ1v) is 11.4. The summed E-state index contributed by atoms with van der Waals surface area (Å²) in [4.78, 5) is 13.3. The molecule has 0 unspecified atom stereocenters. The zero-order valence-corrected chi connectivity index (χ0v) is 18.1. The fourth-order valence-electron chi connectivity index (χ4n) is 5.41. The minimum Gasteiger partial charge on any atom is -0.395 e. The number of nitrogens with zero attached hydrogens (tertiary/aromatic N) is 4. The van der Waals surface area contributed by atoms with Gasteiger partial charge in [0.2, 0.25) is 0 Å². The molecule has 2 aromatic carbocycles. The Bertz CT molecular complexity index is 1030. The molecule has 32 heavy (non-hydrogen) atoms. The Hall–Kier alpha value is -2.67. The van der Waals surface area contributed by atoms with E-state index in [2.05, 4.69) is 31.9 Å². The molecule has 0 radical (unpaired) electrons. The van der Waals surface area contributed by atoms with Crippen molar-refractivity contribution < 1.29 is 9.50 Å². The van der Waals surface area contributed by atoms with Crippen molar-refractivity contribution in [2.24, 2.45) is 0 Å². The highest BCUT2D eigenvalue weighted by Gasteiger charge is 2.49. The third kappa shape index (κ3) is 4.18. The number of aromatic nitrogens is 2. The molecule has 0 bridgehead atoms. The Kier molecular flexibility index (Phi) is 6.26. The van der Waals surface area contributed by atoms with Gasteiger partial charge in [0.1, 0.15) is 12.1 Å². The van der Waals surface area contributed by atoms with E-state index < -0.39 is 0 Å². The van der Waals surface area contributed by atoms with Gasteiger partial charge >= 0.3 is 0 Å². The number of halogens is 1. The second-order valence-electron chi connectivity index (χ2n) is 8.87. The summed E-state index contributed by atoms with van der Waals surface area (Å²) in [5.74, 6) is 0.0612. The van der Waals surface area contributed by atoms with E-state index in [1.807, 2.05) is 36.7 Å². The van der Waals surface area contributed by atoms with Gasteiger partial charge in [-0.25, -0.2) is 14.4 Å². The number of benzene rings is 2. The lowest BCUT2D eigenvalue weighted by Crippen LogP contribution is -2.67. The Morgan fingerprint density at radius 2 is 1.72 bits per heavy atom. The topological polar surface area (TPSA) is 52.5 Å². The zero-order valence-electron chi connectivity index (χ0n) is 18.1. The van der Waals surface area contributed by atoms with Crippen LogP contribution in [0, 0.1) is 5.82 Å². The van der Waals surface area contributed by atoms with Gasteiger partial charge in [-0.15, -0.1) is 0 Å². The Morgan fingerprint density at radius 1 is 0.969 bits per heavy atom. The van der Waals surface area contributed by atoms with Crippen LogP contribution in [0.3, 0.4) is 0 Å². The highest BCUT2D eigenvalue weighted by atomic mass is 19.1. The molecular weight excluding hydrogens is 403 g/mol. The summed E-state index contributed by atoms with van der Waals surface area (Å²) in [6.45, 7) is 4.03. The number of fused-ring (bicyclic) bond motifs is 1. The van der Waals surface area contributed by atoms with Crippen LogP contribution >= 0.6 is 0 Å². The van der Waals surface area contributed by atoms with Crippen molar-refractivity contribution in [1.82, 2.24) is 19.8 Å². The van der Waals surface area contributed by atoms with Gasteiger partial charge in [-0.05, 0) is 43.1 Å². The quantitative estimate of drug-likeness (QED) is 0.666. The molecule has 1 N–H and O–H groups in total. The molecule has 5 nitrogen and oxygen atoms in total. The summed E-state index contributed by atoms with van der Waals surface area (Å²) < 4.78 is 14.2. The van der Waals surface area contributed by atoms with Crippen LogP contribution in [-0.4, -0.2) is 63.2 Å². The van der Waals surface area contributed by atoms with Crippen molar-refractivity contribution in [3.05, 3.63) is 84.2 Å². The lowest BCUT2D eigenvalue weighted by molar-refractivity contribution is -0.0655. The average molecular weight is 433 g/mol. The van der Waals surface area contributed by atoms with Crippen LogP contribution in [0.25, 0.3) is 11.1 Å². The van der Waals surface area contributed by atoms with E-state index in [0.717, 1.165) is 50.1 Å². The van der Waals surface area contributed by atoms with E-state index in [9.17, 15) is 9.50 Å². The largest absolute Gasteiger partial charge is 0.395 e. The van der Waals surface area contributed by atoms with E-state index >= 15 is 0 Å². The van der Waals surface area contributed by atoms with E-state index in [0.29, 0.717) is 11.6 Å². The average Bonchev–Trinajstić information content (AvgIpc) is 2.81. The monoisotopic (exact) mass is 432 g/mol. The van der Waals surface area contributed by atoms with Crippen molar-refractivity contribution >= 4 is 0 Å². The fraction of sp³-hybridized carbons (Fsp3) is 0.385. The molecule has 166 valence electrons. The summed E-state index contributed by atoms with van der Waals surface area (Å²) in [7, 11) is 0. The number of aliphatic hydroxyl groups is 1. The second-order valence-corrected chi connectivity index (χ2v) is 8.87. The summed E-state index contributed by atoms with van der Waals surface area (Å²) in [6.07, 6.45) is 7.63. The number of rotatable bonds is 5. The maximum absolute atomic E-state index is 14.2. The van der Waals surface area contributed by atoms with Crippen molar-refractivity contribution in [1.29, 1.82) is 0 Å². The highest BCUT2D eigenvalue weighted by Crippen LogP contribution is 2.42. The first-order chi connectivity index (χ1) is 15.7. The third-order valence-electron chi connectivity index (χ3n) is 6.95. The van der Waals surface area contributed by atoms with Gasteiger partial charge in [0.25, 0.3) is 0 Å². The zero-order chi connectivity index (χ0) is 21.9. The smallest absolute Gasteiger partial charge is 0.131 e. The third-order valence-corrected chi connectivity index (χ3v) is 6.95. The predicted octanol–water partition coefficient (Wildman–Crippen LogP) is 3.71. The summed E-state index contributed by atoms with van der Waals surface area (Å²) >= 11 is 0. The van der Waals surface area contributed by atoms with Crippen LogP contribution in [0.4, 0.5) is 4.39 Å². The van der Waals surface area contributed by atoms with E-state index in [-0.39, 0.29) is 24.4 Å². The van der Waals surface area contributed by atoms with Crippen LogP contribution in [0.1, 0.15) is 29.9 Å². The lowest BCUT2D eigenvalue weighted by Gasteiger charge is -2.57. The van der Waals surface area contributed by atoms with E-state index in [1.54, 1.807) is 12.4 Å². The second kappa shape index (κ2) is 9.45. The molecule has 0 spiro atoms. The summed E-state index contributed by atoms with van der Waals surface area (Å²) in [6, 6.07) is 15.6. The molecule has 2 fully saturated rings. The van der Waals surface area contributed by atoms with Crippen LogP contribution in [0.2, 0.25) is 0 Å². The first-order valence-electron chi connectivity index (χ1n) is 11.4. The lowest BCUT2D eigenvalue weighted by atomic mass is 9.74. The van der Waals surface area contributed by atoms with Crippen LogP contribution in [0.15, 0.2) is 67.3 Å². The van der Waals surface area contributed by atoms with Gasteiger partial charge in [-0.1, -0.05) is 42.5 Å². The molecule has 5 rings (SSSR count). The van der Waals surface area contributed by atoms with Crippen LogP contribution < -0.4 is 0 Å². The molecule has 3 aromatic rings. The van der Waals surface area contributed by atoms with Gasteiger partial charge in [0, 0.05) is 54.6 Å². The van der Waals surface area contributed by atoms with E-state index in [1.165, 1.54) is 11.6 Å². The Morgan fingerprint density at radius 3 is 2.47 bits per heavy atom. The molecule has 2 aliphatic rings. The maximum Gasteiger partial charge on any atom is 0.131 e.